The molecule has 0 radical (unpaired) electrons. The molecular weight excluding hydrogens is 292 g/mol. The van der Waals surface area contributed by atoms with Crippen molar-refractivity contribution in [1.82, 2.24) is 4.31 Å². The second-order valence-corrected chi connectivity index (χ2v) is 7.32. The molecule has 0 amide bonds. The van der Waals surface area contributed by atoms with Crippen LogP contribution < -0.4 is 5.73 Å². The van der Waals surface area contributed by atoms with Gasteiger partial charge in [0.25, 0.3) is 0 Å². The van der Waals surface area contributed by atoms with Crippen LogP contribution in [0.2, 0.25) is 5.02 Å². The SMILES string of the molecule is CSCC(C)N(C)S(=O)(=O)c1ccc(N)c(Cl)c1. The van der Waals surface area contributed by atoms with Crippen molar-refractivity contribution in [2.75, 3.05) is 24.8 Å². The van der Waals surface area contributed by atoms with Gasteiger partial charge in [0.1, 0.15) is 0 Å². The summed E-state index contributed by atoms with van der Waals surface area (Å²) in [6.45, 7) is 1.87. The predicted molar refractivity (Wildman–Crippen MR) is 78.7 cm³/mol. The lowest BCUT2D eigenvalue weighted by Crippen LogP contribution is -2.36. The normalized spacial score (nSPS) is 13.8. The first-order valence-electron chi connectivity index (χ1n) is 5.32. The van der Waals surface area contributed by atoms with Gasteiger partial charge in [0, 0.05) is 18.8 Å². The number of thioether (sulfide) groups is 1. The van der Waals surface area contributed by atoms with Crippen LogP contribution in [-0.2, 0) is 10.0 Å². The van der Waals surface area contributed by atoms with Crippen molar-refractivity contribution < 1.29 is 8.42 Å². The van der Waals surface area contributed by atoms with E-state index in [1.165, 1.54) is 22.5 Å². The molecule has 0 aliphatic heterocycles. The van der Waals surface area contributed by atoms with Crippen molar-refractivity contribution in [2.24, 2.45) is 0 Å². The van der Waals surface area contributed by atoms with Gasteiger partial charge in [-0.25, -0.2) is 8.42 Å². The topological polar surface area (TPSA) is 63.4 Å². The van der Waals surface area contributed by atoms with Gasteiger partial charge in [0.2, 0.25) is 10.0 Å². The Balaban J connectivity index is 3.09. The molecule has 0 heterocycles. The number of sulfonamides is 1. The molecule has 1 aromatic rings. The van der Waals surface area contributed by atoms with Gasteiger partial charge in [0.15, 0.2) is 0 Å². The lowest BCUT2D eigenvalue weighted by atomic mass is 10.3. The first kappa shape index (κ1) is 15.6. The van der Waals surface area contributed by atoms with Crippen LogP contribution in [-0.4, -0.2) is 37.8 Å². The van der Waals surface area contributed by atoms with E-state index in [0.29, 0.717) is 5.69 Å². The molecule has 0 saturated heterocycles. The van der Waals surface area contributed by atoms with Crippen molar-refractivity contribution in [3.8, 4) is 0 Å². The Hall–Kier alpha value is -0.430. The lowest BCUT2D eigenvalue weighted by Gasteiger charge is -2.23. The van der Waals surface area contributed by atoms with Crippen molar-refractivity contribution in [2.45, 2.75) is 17.9 Å². The monoisotopic (exact) mass is 308 g/mol. The van der Waals surface area contributed by atoms with E-state index in [4.69, 9.17) is 17.3 Å². The average Bonchev–Trinajstić information content (AvgIpc) is 2.31. The van der Waals surface area contributed by atoms with E-state index in [-0.39, 0.29) is 16.0 Å². The van der Waals surface area contributed by atoms with E-state index in [1.54, 1.807) is 18.8 Å². The maximum atomic E-state index is 12.3. The zero-order valence-corrected chi connectivity index (χ0v) is 12.9. The zero-order valence-electron chi connectivity index (χ0n) is 10.6. The van der Waals surface area contributed by atoms with E-state index < -0.39 is 10.0 Å². The van der Waals surface area contributed by atoms with Gasteiger partial charge in [-0.1, -0.05) is 11.6 Å². The van der Waals surface area contributed by atoms with Gasteiger partial charge in [-0.05, 0) is 31.4 Å². The van der Waals surface area contributed by atoms with Crippen LogP contribution in [0, 0.1) is 0 Å². The Bertz CT molecular complexity index is 520. The minimum Gasteiger partial charge on any atom is -0.398 e. The van der Waals surface area contributed by atoms with Gasteiger partial charge in [-0.3, -0.25) is 0 Å². The smallest absolute Gasteiger partial charge is 0.243 e. The molecule has 4 nitrogen and oxygen atoms in total. The third kappa shape index (κ3) is 3.32. The molecule has 0 aromatic heterocycles. The van der Waals surface area contributed by atoms with Crippen LogP contribution in [0.25, 0.3) is 0 Å². The molecule has 102 valence electrons. The molecule has 0 aliphatic carbocycles. The number of rotatable bonds is 5. The molecule has 7 heteroatoms. The third-order valence-electron chi connectivity index (χ3n) is 2.68. The Labute approximate surface area is 118 Å². The summed E-state index contributed by atoms with van der Waals surface area (Å²) >= 11 is 7.46. The summed E-state index contributed by atoms with van der Waals surface area (Å²) in [4.78, 5) is 0.164. The lowest BCUT2D eigenvalue weighted by molar-refractivity contribution is 0.415. The molecule has 1 rings (SSSR count). The number of halogens is 1. The van der Waals surface area contributed by atoms with Crippen LogP contribution in [0.3, 0.4) is 0 Å². The molecule has 2 N–H and O–H groups in total. The van der Waals surface area contributed by atoms with Crippen molar-refractivity contribution in [1.29, 1.82) is 0 Å². The fraction of sp³-hybridized carbons (Fsp3) is 0.455. The fourth-order valence-electron chi connectivity index (χ4n) is 1.42. The molecule has 18 heavy (non-hydrogen) atoms. The second kappa shape index (κ2) is 6.14. The third-order valence-corrected chi connectivity index (χ3v) is 5.79. The second-order valence-electron chi connectivity index (χ2n) is 4.01. The van der Waals surface area contributed by atoms with E-state index in [1.807, 2.05) is 13.2 Å². The minimum absolute atomic E-state index is 0.0821. The van der Waals surface area contributed by atoms with Crippen LogP contribution in [0.5, 0.6) is 0 Å². The first-order chi connectivity index (χ1) is 8.30. The van der Waals surface area contributed by atoms with Gasteiger partial charge in [-0.2, -0.15) is 16.1 Å². The molecule has 0 fully saturated rings. The van der Waals surface area contributed by atoms with E-state index >= 15 is 0 Å². The van der Waals surface area contributed by atoms with Gasteiger partial charge < -0.3 is 5.73 Å². The van der Waals surface area contributed by atoms with Crippen molar-refractivity contribution in [3.63, 3.8) is 0 Å². The summed E-state index contributed by atoms with van der Waals surface area (Å²) in [5.41, 5.74) is 5.94. The number of nitrogens with two attached hydrogens (primary N) is 1. The zero-order chi connectivity index (χ0) is 13.9. The van der Waals surface area contributed by atoms with Gasteiger partial charge in [-0.15, -0.1) is 0 Å². The van der Waals surface area contributed by atoms with E-state index in [9.17, 15) is 8.42 Å². The van der Waals surface area contributed by atoms with E-state index in [0.717, 1.165) is 5.75 Å². The molecular formula is C11H17ClN2O2S2. The summed E-state index contributed by atoms with van der Waals surface area (Å²) in [7, 11) is -1.95. The number of hydrogen-bond donors (Lipinski definition) is 1. The van der Waals surface area contributed by atoms with Crippen LogP contribution in [0.15, 0.2) is 23.1 Å². The van der Waals surface area contributed by atoms with Crippen LogP contribution >= 0.6 is 23.4 Å². The van der Waals surface area contributed by atoms with Gasteiger partial charge >= 0.3 is 0 Å². The van der Waals surface area contributed by atoms with Crippen molar-refractivity contribution >= 4 is 39.1 Å². The van der Waals surface area contributed by atoms with Crippen LogP contribution in [0.4, 0.5) is 5.69 Å². The van der Waals surface area contributed by atoms with Crippen molar-refractivity contribution in [3.05, 3.63) is 23.2 Å². The summed E-state index contributed by atoms with van der Waals surface area (Å²) in [5.74, 6) is 0.735. The first-order valence-corrected chi connectivity index (χ1v) is 8.54. The highest BCUT2D eigenvalue weighted by Gasteiger charge is 2.25. The summed E-state index contributed by atoms with van der Waals surface area (Å²) in [6, 6.07) is 4.27. The number of nitrogens with zero attached hydrogens (tertiary/aromatic N) is 1. The number of hydrogen-bond acceptors (Lipinski definition) is 4. The number of benzene rings is 1. The Kier molecular flexibility index (Phi) is 5.33. The molecule has 1 aromatic carbocycles. The van der Waals surface area contributed by atoms with E-state index in [2.05, 4.69) is 0 Å². The Morgan fingerprint density at radius 1 is 1.50 bits per heavy atom. The number of nitrogen functional groups attached to an aromatic ring is 1. The maximum absolute atomic E-state index is 12.3. The summed E-state index contributed by atoms with van der Waals surface area (Å²) in [5, 5.41) is 0.252. The summed E-state index contributed by atoms with van der Waals surface area (Å²) < 4.78 is 26.0. The largest absolute Gasteiger partial charge is 0.398 e. The quantitative estimate of drug-likeness (QED) is 0.848. The molecule has 0 saturated carbocycles. The molecule has 1 atom stereocenters. The maximum Gasteiger partial charge on any atom is 0.243 e. The van der Waals surface area contributed by atoms with Gasteiger partial charge in [0.05, 0.1) is 15.6 Å². The van der Waals surface area contributed by atoms with Crippen LogP contribution in [0.1, 0.15) is 6.92 Å². The molecule has 1 unspecified atom stereocenters. The highest BCUT2D eigenvalue weighted by Crippen LogP contribution is 2.25. The highest BCUT2D eigenvalue weighted by atomic mass is 35.5. The predicted octanol–water partition coefficient (Wildman–Crippen LogP) is 2.29. The average molecular weight is 309 g/mol. The minimum atomic E-state index is -3.52. The Morgan fingerprint density at radius 3 is 2.61 bits per heavy atom. The molecule has 0 bridgehead atoms. The highest BCUT2D eigenvalue weighted by molar-refractivity contribution is 7.98. The standard InChI is InChI=1S/C11H17ClN2O2S2/c1-8(7-17-3)14(2)18(15,16)9-4-5-11(13)10(12)6-9/h4-6,8H,7,13H2,1-3H3. The Morgan fingerprint density at radius 2 is 2.11 bits per heavy atom. The fourth-order valence-corrected chi connectivity index (χ4v) is 3.85. The summed E-state index contributed by atoms with van der Waals surface area (Å²) in [6.07, 6.45) is 1.94. The molecule has 0 spiro atoms. The number of anilines is 1. The molecule has 0 aliphatic rings.